The van der Waals surface area contributed by atoms with Crippen LogP contribution in [-0.4, -0.2) is 41.3 Å². The van der Waals surface area contributed by atoms with Gasteiger partial charge in [-0.25, -0.2) is 0 Å². The molecular weight excluding hydrogens is 338 g/mol. The van der Waals surface area contributed by atoms with Crippen molar-refractivity contribution in [1.29, 1.82) is 0 Å². The van der Waals surface area contributed by atoms with Crippen LogP contribution in [0.1, 0.15) is 43.4 Å². The molecule has 1 aromatic heterocycles. The SMILES string of the molecule is CC(C)c1ccc(N2C[C@H](C(=O)N3CC(c4ccccn4)C3)CC2=O)cc1. The second-order valence-corrected chi connectivity index (χ2v) is 7.85. The topological polar surface area (TPSA) is 53.5 Å². The summed E-state index contributed by atoms with van der Waals surface area (Å²) in [6, 6.07) is 14.0. The Morgan fingerprint density at radius 1 is 1.07 bits per heavy atom. The molecule has 2 aromatic rings. The first-order valence-electron chi connectivity index (χ1n) is 9.63. The molecule has 0 saturated carbocycles. The van der Waals surface area contributed by atoms with E-state index in [-0.39, 0.29) is 17.7 Å². The molecule has 2 saturated heterocycles. The standard InChI is InChI=1S/C22H25N3O2/c1-15(2)16-6-8-19(9-7-16)25-14-17(11-21(25)26)22(27)24-12-18(13-24)20-5-3-4-10-23-20/h3-10,15,17-18H,11-14H2,1-2H3/t17-/m1/s1. The summed E-state index contributed by atoms with van der Waals surface area (Å²) in [6.45, 7) is 6.17. The number of pyridine rings is 1. The van der Waals surface area contributed by atoms with Crippen LogP contribution in [0.2, 0.25) is 0 Å². The summed E-state index contributed by atoms with van der Waals surface area (Å²) >= 11 is 0. The third-order valence-corrected chi connectivity index (χ3v) is 5.64. The van der Waals surface area contributed by atoms with Crippen molar-refractivity contribution in [2.75, 3.05) is 24.5 Å². The predicted octanol–water partition coefficient (Wildman–Crippen LogP) is 3.18. The van der Waals surface area contributed by atoms with Crippen LogP contribution >= 0.6 is 0 Å². The van der Waals surface area contributed by atoms with E-state index in [4.69, 9.17) is 0 Å². The lowest BCUT2D eigenvalue weighted by Crippen LogP contribution is -2.51. The van der Waals surface area contributed by atoms with Crippen LogP contribution < -0.4 is 4.90 Å². The quantitative estimate of drug-likeness (QED) is 0.838. The first-order valence-corrected chi connectivity index (χ1v) is 9.63. The van der Waals surface area contributed by atoms with E-state index >= 15 is 0 Å². The molecule has 4 rings (SSSR count). The van der Waals surface area contributed by atoms with E-state index in [9.17, 15) is 9.59 Å². The predicted molar refractivity (Wildman–Crippen MR) is 105 cm³/mol. The molecule has 0 radical (unpaired) electrons. The maximum atomic E-state index is 12.8. The summed E-state index contributed by atoms with van der Waals surface area (Å²) < 4.78 is 0. The third-order valence-electron chi connectivity index (χ3n) is 5.64. The van der Waals surface area contributed by atoms with E-state index in [1.165, 1.54) is 5.56 Å². The minimum atomic E-state index is -0.244. The summed E-state index contributed by atoms with van der Waals surface area (Å²) in [5.74, 6) is 0.657. The summed E-state index contributed by atoms with van der Waals surface area (Å²) in [6.07, 6.45) is 2.09. The van der Waals surface area contributed by atoms with Crippen molar-refractivity contribution in [2.45, 2.75) is 32.1 Å². The minimum Gasteiger partial charge on any atom is -0.341 e. The smallest absolute Gasteiger partial charge is 0.228 e. The highest BCUT2D eigenvalue weighted by atomic mass is 16.2. The van der Waals surface area contributed by atoms with E-state index < -0.39 is 0 Å². The van der Waals surface area contributed by atoms with Gasteiger partial charge in [-0.05, 0) is 35.7 Å². The maximum absolute atomic E-state index is 12.8. The van der Waals surface area contributed by atoms with E-state index in [2.05, 4.69) is 31.0 Å². The number of carbonyl (C=O) groups is 2. The highest BCUT2D eigenvalue weighted by Gasteiger charge is 2.41. The molecule has 2 fully saturated rings. The Morgan fingerprint density at radius 3 is 2.44 bits per heavy atom. The second-order valence-electron chi connectivity index (χ2n) is 7.85. The fraction of sp³-hybridized carbons (Fsp3) is 0.409. The zero-order valence-corrected chi connectivity index (χ0v) is 15.8. The van der Waals surface area contributed by atoms with E-state index in [1.54, 1.807) is 11.1 Å². The number of aromatic nitrogens is 1. The molecule has 2 amide bonds. The average molecular weight is 363 g/mol. The molecule has 140 valence electrons. The number of hydrogen-bond acceptors (Lipinski definition) is 3. The molecule has 0 aliphatic carbocycles. The van der Waals surface area contributed by atoms with Crippen molar-refractivity contribution in [2.24, 2.45) is 5.92 Å². The third kappa shape index (κ3) is 3.46. The van der Waals surface area contributed by atoms with Crippen molar-refractivity contribution < 1.29 is 9.59 Å². The van der Waals surface area contributed by atoms with E-state index in [1.807, 2.05) is 35.2 Å². The van der Waals surface area contributed by atoms with Crippen molar-refractivity contribution in [3.05, 3.63) is 59.9 Å². The van der Waals surface area contributed by atoms with Gasteiger partial charge in [-0.2, -0.15) is 0 Å². The van der Waals surface area contributed by atoms with Crippen LogP contribution in [0.5, 0.6) is 0 Å². The lowest BCUT2D eigenvalue weighted by atomic mass is 9.93. The van der Waals surface area contributed by atoms with Gasteiger partial charge >= 0.3 is 0 Å². The van der Waals surface area contributed by atoms with Gasteiger partial charge in [-0.1, -0.05) is 32.0 Å². The van der Waals surface area contributed by atoms with Crippen molar-refractivity contribution in [3.63, 3.8) is 0 Å². The lowest BCUT2D eigenvalue weighted by Gasteiger charge is -2.40. The molecule has 0 bridgehead atoms. The molecule has 2 aliphatic heterocycles. The molecule has 0 spiro atoms. The van der Waals surface area contributed by atoms with Gasteiger partial charge in [0.1, 0.15) is 0 Å². The van der Waals surface area contributed by atoms with Crippen LogP contribution in [0.15, 0.2) is 48.7 Å². The van der Waals surface area contributed by atoms with Crippen molar-refractivity contribution in [3.8, 4) is 0 Å². The molecule has 0 N–H and O–H groups in total. The molecule has 1 aromatic carbocycles. The highest BCUT2D eigenvalue weighted by Crippen LogP contribution is 2.31. The number of hydrogen-bond donors (Lipinski definition) is 0. The van der Waals surface area contributed by atoms with Crippen LogP contribution in [0.4, 0.5) is 5.69 Å². The number of benzene rings is 1. The number of rotatable bonds is 4. The summed E-state index contributed by atoms with van der Waals surface area (Å²) in [5, 5.41) is 0. The average Bonchev–Trinajstić information content (AvgIpc) is 3.03. The van der Waals surface area contributed by atoms with E-state index in [0.717, 1.165) is 11.4 Å². The Balaban J connectivity index is 1.37. The Labute approximate surface area is 160 Å². The molecule has 5 heteroatoms. The van der Waals surface area contributed by atoms with Crippen LogP contribution in [0, 0.1) is 5.92 Å². The summed E-state index contributed by atoms with van der Waals surface area (Å²) in [4.78, 5) is 33.3. The Morgan fingerprint density at radius 2 is 1.81 bits per heavy atom. The second kappa shape index (κ2) is 7.14. The van der Waals surface area contributed by atoms with Crippen LogP contribution in [0.3, 0.4) is 0 Å². The summed E-state index contributed by atoms with van der Waals surface area (Å²) in [7, 11) is 0. The molecule has 2 aliphatic rings. The summed E-state index contributed by atoms with van der Waals surface area (Å²) in [5.41, 5.74) is 3.17. The highest BCUT2D eigenvalue weighted by molar-refractivity contribution is 6.00. The first-order chi connectivity index (χ1) is 13.0. The van der Waals surface area contributed by atoms with Gasteiger partial charge in [0.15, 0.2) is 0 Å². The van der Waals surface area contributed by atoms with Crippen LogP contribution in [0.25, 0.3) is 0 Å². The fourth-order valence-electron chi connectivity index (χ4n) is 3.88. The normalized spacial score (nSPS) is 20.3. The Hall–Kier alpha value is -2.69. The zero-order chi connectivity index (χ0) is 19.0. The zero-order valence-electron chi connectivity index (χ0n) is 15.8. The Bertz CT molecular complexity index is 826. The van der Waals surface area contributed by atoms with Gasteiger partial charge < -0.3 is 9.80 Å². The van der Waals surface area contributed by atoms with Gasteiger partial charge in [0.2, 0.25) is 11.8 Å². The number of amides is 2. The molecule has 27 heavy (non-hydrogen) atoms. The molecule has 5 nitrogen and oxygen atoms in total. The molecule has 0 unspecified atom stereocenters. The molecular formula is C22H25N3O2. The Kier molecular flexibility index (Phi) is 4.68. The van der Waals surface area contributed by atoms with Crippen molar-refractivity contribution in [1.82, 2.24) is 9.88 Å². The minimum absolute atomic E-state index is 0.0347. The lowest BCUT2D eigenvalue weighted by molar-refractivity contribution is -0.140. The van der Waals surface area contributed by atoms with Gasteiger partial charge in [-0.3, -0.25) is 14.6 Å². The largest absolute Gasteiger partial charge is 0.341 e. The van der Waals surface area contributed by atoms with E-state index in [0.29, 0.717) is 37.9 Å². The van der Waals surface area contributed by atoms with Gasteiger partial charge in [-0.15, -0.1) is 0 Å². The van der Waals surface area contributed by atoms with Gasteiger partial charge in [0.05, 0.1) is 5.92 Å². The van der Waals surface area contributed by atoms with Crippen molar-refractivity contribution >= 4 is 17.5 Å². The number of anilines is 1. The van der Waals surface area contributed by atoms with Crippen LogP contribution in [-0.2, 0) is 9.59 Å². The molecule has 3 heterocycles. The number of likely N-dealkylation sites (tertiary alicyclic amines) is 1. The monoisotopic (exact) mass is 363 g/mol. The number of nitrogens with zero attached hydrogens (tertiary/aromatic N) is 3. The van der Waals surface area contributed by atoms with Gasteiger partial charge in [0.25, 0.3) is 0 Å². The maximum Gasteiger partial charge on any atom is 0.228 e. The number of carbonyl (C=O) groups excluding carboxylic acids is 2. The first kappa shape index (κ1) is 17.7. The molecule has 1 atom stereocenters. The fourth-order valence-corrected chi connectivity index (χ4v) is 3.88. The van der Waals surface area contributed by atoms with Gasteiger partial charge in [0, 0.05) is 49.6 Å².